The second kappa shape index (κ2) is 8.88. The topological polar surface area (TPSA) is 120 Å². The Kier molecular flexibility index (Phi) is 5.76. The number of allylic oxidation sites excluding steroid dienone is 2. The molecule has 170 valence electrons. The van der Waals surface area contributed by atoms with Gasteiger partial charge in [-0.2, -0.15) is 4.98 Å². The van der Waals surface area contributed by atoms with E-state index >= 15 is 0 Å². The van der Waals surface area contributed by atoms with Crippen LogP contribution in [-0.2, 0) is 4.79 Å². The first kappa shape index (κ1) is 22.1. The Morgan fingerprint density at radius 3 is 2.74 bits per heavy atom. The molecular weight excluding hydrogens is 476 g/mol. The van der Waals surface area contributed by atoms with E-state index in [1.54, 1.807) is 18.3 Å². The molecule has 0 bridgehead atoms. The summed E-state index contributed by atoms with van der Waals surface area (Å²) in [5.41, 5.74) is 4.19. The molecule has 11 heteroatoms. The molecule has 9 nitrogen and oxygen atoms in total. The summed E-state index contributed by atoms with van der Waals surface area (Å²) in [6, 6.07) is 3.43. The van der Waals surface area contributed by atoms with Crippen molar-refractivity contribution < 1.29 is 14.3 Å². The Labute approximate surface area is 202 Å². The number of nitrogens with zero attached hydrogens (tertiary/aromatic N) is 5. The van der Waals surface area contributed by atoms with Crippen LogP contribution in [0, 0.1) is 6.92 Å². The first-order valence-electron chi connectivity index (χ1n) is 10.2. The molecule has 4 aromatic heterocycles. The third-order valence-corrected chi connectivity index (χ3v) is 6.33. The molecule has 0 fully saturated rings. The number of pyridine rings is 2. The van der Waals surface area contributed by atoms with Crippen molar-refractivity contribution in [2.45, 2.75) is 19.8 Å². The highest BCUT2D eigenvalue weighted by atomic mass is 35.5. The maximum absolute atomic E-state index is 13.2. The Balaban J connectivity index is 1.47. The molecule has 4 aromatic rings. The Bertz CT molecular complexity index is 1500. The number of aromatic nitrogens is 5. The number of aryl methyl sites for hydroxylation is 1. The van der Waals surface area contributed by atoms with Gasteiger partial charge in [0.1, 0.15) is 16.7 Å². The largest absolute Gasteiger partial charge is 0.494 e. The van der Waals surface area contributed by atoms with E-state index < -0.39 is 5.91 Å². The predicted octanol–water partition coefficient (Wildman–Crippen LogP) is 4.51. The second-order valence-electron chi connectivity index (χ2n) is 7.58. The molecule has 4 heterocycles. The van der Waals surface area contributed by atoms with E-state index in [-0.39, 0.29) is 10.9 Å². The molecule has 1 aliphatic rings. The van der Waals surface area contributed by atoms with E-state index in [9.17, 15) is 9.59 Å². The smallest absolute Gasteiger partial charge is 0.259 e. The second-order valence-corrected chi connectivity index (χ2v) is 8.95. The number of Topliss-reactive ketones (excluding diaryl/α,β-unsaturated/α-hetero) is 1. The maximum atomic E-state index is 13.2. The van der Waals surface area contributed by atoms with E-state index in [0.29, 0.717) is 56.6 Å². The number of carbonyl (C=O) groups is 2. The SMILES string of the molecule is COc1cnc(Cl)cc1-c1cc(C)ncc1C(=O)Nc1nc2ncc(C3=CCC(=O)C3)nc2s1. The predicted molar refractivity (Wildman–Crippen MR) is 129 cm³/mol. The summed E-state index contributed by atoms with van der Waals surface area (Å²) in [6.45, 7) is 1.83. The maximum Gasteiger partial charge on any atom is 0.259 e. The summed E-state index contributed by atoms with van der Waals surface area (Å²) < 4.78 is 5.42. The van der Waals surface area contributed by atoms with Gasteiger partial charge in [0.05, 0.1) is 30.8 Å². The quantitative estimate of drug-likeness (QED) is 0.404. The van der Waals surface area contributed by atoms with Crippen LogP contribution < -0.4 is 10.1 Å². The number of amides is 1. The fourth-order valence-corrected chi connectivity index (χ4v) is 4.59. The zero-order chi connectivity index (χ0) is 23.8. The third kappa shape index (κ3) is 4.25. The minimum Gasteiger partial charge on any atom is -0.494 e. The molecule has 0 spiro atoms. The summed E-state index contributed by atoms with van der Waals surface area (Å²) in [6.07, 6.45) is 7.24. The highest BCUT2D eigenvalue weighted by Gasteiger charge is 2.21. The zero-order valence-electron chi connectivity index (χ0n) is 18.1. The molecule has 1 aliphatic carbocycles. The van der Waals surface area contributed by atoms with E-state index in [0.717, 1.165) is 11.3 Å². The van der Waals surface area contributed by atoms with Crippen LogP contribution in [0.25, 0.3) is 27.2 Å². The van der Waals surface area contributed by atoms with Gasteiger partial charge < -0.3 is 4.74 Å². The number of hydrogen-bond acceptors (Lipinski definition) is 9. The highest BCUT2D eigenvalue weighted by molar-refractivity contribution is 7.21. The van der Waals surface area contributed by atoms with Crippen molar-refractivity contribution >= 4 is 55.8 Å². The van der Waals surface area contributed by atoms with E-state index in [2.05, 4.69) is 30.2 Å². The zero-order valence-corrected chi connectivity index (χ0v) is 19.7. The summed E-state index contributed by atoms with van der Waals surface area (Å²) in [5, 5.41) is 3.44. The first-order chi connectivity index (χ1) is 16.4. The lowest BCUT2D eigenvalue weighted by Crippen LogP contribution is -2.14. The van der Waals surface area contributed by atoms with Crippen LogP contribution in [0.5, 0.6) is 5.75 Å². The summed E-state index contributed by atoms with van der Waals surface area (Å²) in [4.78, 5) is 47.0. The Hall–Kier alpha value is -3.76. The van der Waals surface area contributed by atoms with Crippen molar-refractivity contribution in [1.29, 1.82) is 0 Å². The highest BCUT2D eigenvalue weighted by Crippen LogP contribution is 2.34. The van der Waals surface area contributed by atoms with Crippen LogP contribution >= 0.6 is 22.9 Å². The molecule has 0 atom stereocenters. The van der Waals surface area contributed by atoms with Gasteiger partial charge >= 0.3 is 0 Å². The number of carbonyl (C=O) groups excluding carboxylic acids is 2. The molecule has 0 radical (unpaired) electrons. The molecule has 0 unspecified atom stereocenters. The number of rotatable bonds is 5. The molecule has 1 N–H and O–H groups in total. The number of thiazole rings is 1. The van der Waals surface area contributed by atoms with Gasteiger partial charge in [-0.25, -0.2) is 15.0 Å². The van der Waals surface area contributed by atoms with E-state index in [1.807, 2.05) is 13.0 Å². The summed E-state index contributed by atoms with van der Waals surface area (Å²) in [7, 11) is 1.52. The Morgan fingerprint density at radius 2 is 1.97 bits per heavy atom. The van der Waals surface area contributed by atoms with E-state index in [4.69, 9.17) is 16.3 Å². The first-order valence-corrected chi connectivity index (χ1v) is 11.4. The van der Waals surface area contributed by atoms with Crippen molar-refractivity contribution in [2.24, 2.45) is 0 Å². The number of hydrogen-bond donors (Lipinski definition) is 1. The van der Waals surface area contributed by atoms with Gasteiger partial charge in [0, 0.05) is 35.9 Å². The van der Waals surface area contributed by atoms with Gasteiger partial charge in [0.25, 0.3) is 5.91 Å². The van der Waals surface area contributed by atoms with Crippen molar-refractivity contribution in [3.05, 3.63) is 58.9 Å². The van der Waals surface area contributed by atoms with Crippen molar-refractivity contribution in [3.8, 4) is 16.9 Å². The van der Waals surface area contributed by atoms with Crippen LogP contribution in [0.2, 0.25) is 5.15 Å². The van der Waals surface area contributed by atoms with Gasteiger partial charge in [-0.1, -0.05) is 29.0 Å². The molecular formula is C23H17ClN6O3S. The number of ketones is 1. The fraction of sp³-hybridized carbons (Fsp3) is 0.174. The van der Waals surface area contributed by atoms with Crippen molar-refractivity contribution in [3.63, 3.8) is 0 Å². The lowest BCUT2D eigenvalue weighted by molar-refractivity contribution is -0.116. The number of halogens is 1. The monoisotopic (exact) mass is 492 g/mol. The van der Waals surface area contributed by atoms with Gasteiger partial charge in [0.2, 0.25) is 0 Å². The minimum absolute atomic E-state index is 0.156. The van der Waals surface area contributed by atoms with Crippen LogP contribution in [-0.4, -0.2) is 43.7 Å². The third-order valence-electron chi connectivity index (χ3n) is 5.27. The van der Waals surface area contributed by atoms with Gasteiger partial charge in [-0.3, -0.25) is 19.9 Å². The molecule has 0 aromatic carbocycles. The van der Waals surface area contributed by atoms with Gasteiger partial charge in [-0.05, 0) is 24.6 Å². The molecule has 0 saturated heterocycles. The molecule has 1 amide bonds. The van der Waals surface area contributed by atoms with Gasteiger partial charge in [-0.15, -0.1) is 0 Å². The average Bonchev–Trinajstić information content (AvgIpc) is 3.43. The fourth-order valence-electron chi connectivity index (χ4n) is 3.64. The molecule has 5 rings (SSSR count). The normalized spacial score (nSPS) is 13.3. The number of ether oxygens (including phenoxy) is 1. The van der Waals surface area contributed by atoms with Crippen molar-refractivity contribution in [1.82, 2.24) is 24.9 Å². The number of methoxy groups -OCH3 is 1. The van der Waals surface area contributed by atoms with E-state index in [1.165, 1.54) is 30.8 Å². The van der Waals surface area contributed by atoms with Crippen molar-refractivity contribution in [2.75, 3.05) is 12.4 Å². The summed E-state index contributed by atoms with van der Waals surface area (Å²) >= 11 is 7.31. The standard InChI is InChI=1S/C23H17ClN6O3S/c1-11-5-14(15-7-19(24)26-10-18(15)33-2)16(8-25-11)21(32)30-23-29-20-22(34-23)28-17(9-27-20)12-3-4-13(31)6-12/h3,5,7-10H,4,6H2,1-2H3,(H,27,29,30,32). The molecule has 34 heavy (non-hydrogen) atoms. The number of fused-ring (bicyclic) bond motifs is 1. The average molecular weight is 493 g/mol. The van der Waals surface area contributed by atoms with Gasteiger partial charge in [0.15, 0.2) is 15.6 Å². The van der Waals surface area contributed by atoms with Crippen LogP contribution in [0.3, 0.4) is 0 Å². The number of nitrogens with one attached hydrogen (secondary N) is 1. The lowest BCUT2D eigenvalue weighted by atomic mass is 10.0. The van der Waals surface area contributed by atoms with Crippen LogP contribution in [0.15, 0.2) is 36.8 Å². The Morgan fingerprint density at radius 1 is 1.12 bits per heavy atom. The number of anilines is 1. The minimum atomic E-state index is -0.402. The molecule has 0 saturated carbocycles. The molecule has 0 aliphatic heterocycles. The van der Waals surface area contributed by atoms with Crippen LogP contribution in [0.1, 0.15) is 34.6 Å². The lowest BCUT2D eigenvalue weighted by Gasteiger charge is -2.13. The van der Waals surface area contributed by atoms with Crippen LogP contribution in [0.4, 0.5) is 5.13 Å². The summed E-state index contributed by atoms with van der Waals surface area (Å²) in [5.74, 6) is 0.231.